The van der Waals surface area contributed by atoms with Crippen molar-refractivity contribution in [2.45, 2.75) is 12.8 Å². The number of aryl methyl sites for hydroxylation is 1. The molecular formula is C10H11F2N3. The summed E-state index contributed by atoms with van der Waals surface area (Å²) in [6.45, 7) is 0.569. The van der Waals surface area contributed by atoms with Gasteiger partial charge in [-0.05, 0) is 13.0 Å². The van der Waals surface area contributed by atoms with Crippen molar-refractivity contribution in [2.75, 3.05) is 6.54 Å². The molecule has 1 heterocycles. The Morgan fingerprint density at radius 3 is 2.73 bits per heavy atom. The summed E-state index contributed by atoms with van der Waals surface area (Å²) in [6, 6.07) is 2.21. The first-order valence-electron chi connectivity index (χ1n) is 4.74. The molecule has 80 valence electrons. The van der Waals surface area contributed by atoms with Crippen LogP contribution in [-0.4, -0.2) is 16.5 Å². The van der Waals surface area contributed by atoms with Crippen LogP contribution in [0.1, 0.15) is 12.2 Å². The Morgan fingerprint density at radius 1 is 1.27 bits per heavy atom. The zero-order valence-electron chi connectivity index (χ0n) is 8.06. The fourth-order valence-electron chi connectivity index (χ4n) is 1.45. The van der Waals surface area contributed by atoms with E-state index in [4.69, 9.17) is 5.73 Å². The topological polar surface area (TPSA) is 54.7 Å². The number of hydrogen-bond donors (Lipinski definition) is 2. The largest absolute Gasteiger partial charge is 0.342 e. The Hall–Kier alpha value is -1.49. The number of fused-ring (bicyclic) bond motifs is 1. The van der Waals surface area contributed by atoms with Crippen LogP contribution in [0.3, 0.4) is 0 Å². The van der Waals surface area contributed by atoms with E-state index >= 15 is 0 Å². The molecule has 0 saturated carbocycles. The molecule has 0 bridgehead atoms. The number of rotatable bonds is 3. The summed E-state index contributed by atoms with van der Waals surface area (Å²) in [5.74, 6) is -1.03. The van der Waals surface area contributed by atoms with E-state index in [1.54, 1.807) is 0 Å². The third-order valence-corrected chi connectivity index (χ3v) is 2.19. The molecule has 15 heavy (non-hydrogen) atoms. The van der Waals surface area contributed by atoms with Gasteiger partial charge in [-0.3, -0.25) is 0 Å². The van der Waals surface area contributed by atoms with Crippen LogP contribution in [-0.2, 0) is 6.42 Å². The average molecular weight is 211 g/mol. The van der Waals surface area contributed by atoms with Gasteiger partial charge in [-0.25, -0.2) is 13.8 Å². The summed E-state index contributed by atoms with van der Waals surface area (Å²) in [6.07, 6.45) is 1.49. The van der Waals surface area contributed by atoms with Crippen molar-refractivity contribution in [1.29, 1.82) is 0 Å². The van der Waals surface area contributed by atoms with Gasteiger partial charge in [0.2, 0.25) is 0 Å². The molecule has 2 rings (SSSR count). The Kier molecular flexibility index (Phi) is 2.64. The normalized spacial score (nSPS) is 11.1. The minimum absolute atomic E-state index is 0.445. The summed E-state index contributed by atoms with van der Waals surface area (Å²) < 4.78 is 25.7. The molecular weight excluding hydrogens is 200 g/mol. The predicted octanol–water partition coefficient (Wildman–Crippen LogP) is 1.73. The van der Waals surface area contributed by atoms with Crippen LogP contribution in [0.2, 0.25) is 0 Å². The molecule has 3 N–H and O–H groups in total. The minimum Gasteiger partial charge on any atom is -0.342 e. The number of aromatic amines is 1. The van der Waals surface area contributed by atoms with Crippen molar-refractivity contribution >= 4 is 11.0 Å². The van der Waals surface area contributed by atoms with E-state index in [2.05, 4.69) is 9.97 Å². The Bertz CT molecular complexity index is 440. The molecule has 3 nitrogen and oxygen atoms in total. The Labute approximate surface area is 85.3 Å². The third kappa shape index (κ3) is 1.97. The predicted molar refractivity (Wildman–Crippen MR) is 53.4 cm³/mol. The maximum atomic E-state index is 12.9. The average Bonchev–Trinajstić information content (AvgIpc) is 2.58. The number of nitrogens with zero attached hydrogens (tertiary/aromatic N) is 1. The fourth-order valence-corrected chi connectivity index (χ4v) is 1.45. The lowest BCUT2D eigenvalue weighted by molar-refractivity contribution is 0.510. The molecule has 0 spiro atoms. The van der Waals surface area contributed by atoms with Crippen LogP contribution >= 0.6 is 0 Å². The van der Waals surface area contributed by atoms with Crippen molar-refractivity contribution in [1.82, 2.24) is 9.97 Å². The quantitative estimate of drug-likeness (QED) is 0.812. The minimum atomic E-state index is -0.876. The maximum absolute atomic E-state index is 12.9. The Morgan fingerprint density at radius 2 is 2.00 bits per heavy atom. The molecule has 1 aromatic carbocycles. The van der Waals surface area contributed by atoms with Gasteiger partial charge in [0.25, 0.3) is 0 Å². The molecule has 0 unspecified atom stereocenters. The van der Waals surface area contributed by atoms with Crippen LogP contribution in [0.4, 0.5) is 8.78 Å². The second-order valence-electron chi connectivity index (χ2n) is 3.36. The standard InChI is InChI=1S/C10H11F2N3/c11-6-4-8-9(5-7(6)12)15-10(14-8)2-1-3-13/h4-5H,1-3,13H2,(H,14,15). The number of nitrogens with one attached hydrogen (secondary N) is 1. The summed E-state index contributed by atoms with van der Waals surface area (Å²) in [5.41, 5.74) is 6.32. The van der Waals surface area contributed by atoms with E-state index < -0.39 is 11.6 Å². The van der Waals surface area contributed by atoms with Crippen LogP contribution in [0, 0.1) is 11.6 Å². The third-order valence-electron chi connectivity index (χ3n) is 2.19. The van der Waals surface area contributed by atoms with Crippen molar-refractivity contribution in [2.24, 2.45) is 5.73 Å². The lowest BCUT2D eigenvalue weighted by Crippen LogP contribution is -2.01. The molecule has 0 radical (unpaired) electrons. The smallest absolute Gasteiger partial charge is 0.161 e. The fraction of sp³-hybridized carbons (Fsp3) is 0.300. The van der Waals surface area contributed by atoms with E-state index in [0.29, 0.717) is 29.8 Å². The van der Waals surface area contributed by atoms with Crippen LogP contribution in [0.5, 0.6) is 0 Å². The van der Waals surface area contributed by atoms with Crippen molar-refractivity contribution < 1.29 is 8.78 Å². The highest BCUT2D eigenvalue weighted by Crippen LogP contribution is 2.16. The van der Waals surface area contributed by atoms with E-state index in [-0.39, 0.29) is 0 Å². The zero-order chi connectivity index (χ0) is 10.8. The molecule has 0 aliphatic rings. The molecule has 5 heteroatoms. The molecule has 0 fully saturated rings. The van der Waals surface area contributed by atoms with Gasteiger partial charge in [0.1, 0.15) is 5.82 Å². The monoisotopic (exact) mass is 211 g/mol. The highest BCUT2D eigenvalue weighted by atomic mass is 19.2. The molecule has 0 aliphatic carbocycles. The number of hydrogen-bond acceptors (Lipinski definition) is 2. The molecule has 1 aromatic heterocycles. The summed E-state index contributed by atoms with van der Waals surface area (Å²) in [5, 5.41) is 0. The van der Waals surface area contributed by atoms with Gasteiger partial charge in [0.15, 0.2) is 11.6 Å². The van der Waals surface area contributed by atoms with Crippen molar-refractivity contribution in [3.05, 3.63) is 29.6 Å². The van der Waals surface area contributed by atoms with Gasteiger partial charge in [-0.2, -0.15) is 0 Å². The molecule has 0 amide bonds. The zero-order valence-corrected chi connectivity index (χ0v) is 8.06. The molecule has 0 aliphatic heterocycles. The summed E-state index contributed by atoms with van der Waals surface area (Å²) >= 11 is 0. The Balaban J connectivity index is 2.38. The first-order valence-corrected chi connectivity index (χ1v) is 4.74. The van der Waals surface area contributed by atoms with E-state index in [1.165, 1.54) is 0 Å². The van der Waals surface area contributed by atoms with Gasteiger partial charge >= 0.3 is 0 Å². The van der Waals surface area contributed by atoms with Gasteiger partial charge in [0.05, 0.1) is 11.0 Å². The number of imidazole rings is 1. The number of benzene rings is 1. The second-order valence-corrected chi connectivity index (χ2v) is 3.36. The molecule has 2 aromatic rings. The SMILES string of the molecule is NCCCc1nc2cc(F)c(F)cc2[nH]1. The maximum Gasteiger partial charge on any atom is 0.161 e. The number of aromatic nitrogens is 2. The van der Waals surface area contributed by atoms with E-state index in [1.807, 2.05) is 0 Å². The number of nitrogens with two attached hydrogens (primary N) is 1. The molecule has 0 atom stereocenters. The second kappa shape index (κ2) is 3.94. The first-order chi connectivity index (χ1) is 7.20. The van der Waals surface area contributed by atoms with Crippen LogP contribution in [0.25, 0.3) is 11.0 Å². The van der Waals surface area contributed by atoms with Gasteiger partial charge in [0, 0.05) is 18.6 Å². The number of H-pyrrole nitrogens is 1. The van der Waals surface area contributed by atoms with Gasteiger partial charge in [-0.15, -0.1) is 0 Å². The van der Waals surface area contributed by atoms with E-state index in [9.17, 15) is 8.78 Å². The molecule has 0 saturated heterocycles. The first kappa shape index (κ1) is 10.0. The van der Waals surface area contributed by atoms with Crippen molar-refractivity contribution in [3.8, 4) is 0 Å². The highest BCUT2D eigenvalue weighted by Gasteiger charge is 2.07. The number of halogens is 2. The van der Waals surface area contributed by atoms with Gasteiger partial charge in [-0.1, -0.05) is 0 Å². The lowest BCUT2D eigenvalue weighted by Gasteiger charge is -1.91. The lowest BCUT2D eigenvalue weighted by atomic mass is 10.3. The summed E-state index contributed by atoms with van der Waals surface area (Å²) in [7, 11) is 0. The van der Waals surface area contributed by atoms with E-state index in [0.717, 1.165) is 18.6 Å². The van der Waals surface area contributed by atoms with Crippen LogP contribution in [0.15, 0.2) is 12.1 Å². The highest BCUT2D eigenvalue weighted by molar-refractivity contribution is 5.75. The summed E-state index contributed by atoms with van der Waals surface area (Å²) in [4.78, 5) is 7.06. The van der Waals surface area contributed by atoms with Gasteiger partial charge < -0.3 is 10.7 Å². The van der Waals surface area contributed by atoms with Crippen molar-refractivity contribution in [3.63, 3.8) is 0 Å². The van der Waals surface area contributed by atoms with Crippen LogP contribution < -0.4 is 5.73 Å².